The molecule has 1 fully saturated rings. The molecule has 3 aromatic rings. The third-order valence-electron chi connectivity index (χ3n) is 7.69. The lowest BCUT2D eigenvalue weighted by molar-refractivity contribution is -0.137. The van der Waals surface area contributed by atoms with Crippen LogP contribution in [-0.2, 0) is 23.8 Å². The molecular formula is C30H33F3N4O4. The predicted molar refractivity (Wildman–Crippen MR) is 149 cm³/mol. The number of nitrogens with one attached hydrogen (secondary N) is 1. The number of rotatable bonds is 8. The summed E-state index contributed by atoms with van der Waals surface area (Å²) >= 11 is 0. The van der Waals surface area contributed by atoms with Gasteiger partial charge in [-0.2, -0.15) is 23.0 Å². The van der Waals surface area contributed by atoms with E-state index >= 15 is 0 Å². The van der Waals surface area contributed by atoms with Crippen molar-refractivity contribution in [2.45, 2.75) is 57.7 Å². The zero-order valence-electron chi connectivity index (χ0n) is 23.3. The molecule has 2 aromatic carbocycles. The average molecular weight is 571 g/mol. The van der Waals surface area contributed by atoms with Gasteiger partial charge in [-0.1, -0.05) is 6.92 Å². The summed E-state index contributed by atoms with van der Waals surface area (Å²) in [5, 5.41) is 7.56. The summed E-state index contributed by atoms with van der Waals surface area (Å²) in [5.41, 5.74) is 0.908. The molecule has 1 atom stereocenters. The number of hydrogen-bond donors (Lipinski definition) is 1. The van der Waals surface area contributed by atoms with Gasteiger partial charge in [-0.25, -0.2) is 0 Å². The topological polar surface area (TPSA) is 85.7 Å². The minimum absolute atomic E-state index is 0.0388. The normalized spacial score (nSPS) is 16.5. The summed E-state index contributed by atoms with van der Waals surface area (Å²) in [5.74, 6) is 0.958. The molecule has 11 heteroatoms. The summed E-state index contributed by atoms with van der Waals surface area (Å²) in [4.78, 5) is 27.7. The van der Waals surface area contributed by atoms with Crippen LogP contribution in [0.5, 0.6) is 11.5 Å². The third kappa shape index (κ3) is 5.75. The van der Waals surface area contributed by atoms with Crippen LogP contribution < -0.4 is 25.2 Å². The fourth-order valence-electron chi connectivity index (χ4n) is 5.69. The van der Waals surface area contributed by atoms with Crippen LogP contribution in [0.25, 0.3) is 16.9 Å². The molecule has 0 radical (unpaired) electrons. The molecule has 1 amide bonds. The molecule has 0 saturated carbocycles. The summed E-state index contributed by atoms with van der Waals surface area (Å²) in [6.45, 7) is 2.94. The van der Waals surface area contributed by atoms with Gasteiger partial charge in [0.2, 0.25) is 5.91 Å². The van der Waals surface area contributed by atoms with Gasteiger partial charge in [0.1, 0.15) is 11.5 Å². The maximum absolute atomic E-state index is 14.3. The molecular weight excluding hydrogens is 537 g/mol. The second-order valence-electron chi connectivity index (χ2n) is 10.4. The van der Waals surface area contributed by atoms with E-state index in [1.165, 1.54) is 26.4 Å². The first-order valence-electron chi connectivity index (χ1n) is 13.8. The predicted octanol–water partition coefficient (Wildman–Crippen LogP) is 4.92. The van der Waals surface area contributed by atoms with E-state index in [1.54, 1.807) is 18.2 Å². The van der Waals surface area contributed by atoms with Gasteiger partial charge in [-0.3, -0.25) is 9.59 Å². The van der Waals surface area contributed by atoms with Gasteiger partial charge in [-0.15, -0.1) is 0 Å². The number of anilines is 1. The quantitative estimate of drug-likeness (QED) is 0.414. The monoisotopic (exact) mass is 570 g/mol. The lowest BCUT2D eigenvalue weighted by atomic mass is 10.0. The van der Waals surface area contributed by atoms with Crippen molar-refractivity contribution >= 4 is 11.6 Å². The number of amides is 1. The van der Waals surface area contributed by atoms with Crippen molar-refractivity contribution < 1.29 is 27.4 Å². The van der Waals surface area contributed by atoms with Crippen molar-refractivity contribution in [3.8, 4) is 28.4 Å². The molecule has 218 valence electrons. The number of benzene rings is 2. The molecule has 0 bridgehead atoms. The SMILES string of the molecule is CCCC(=O)NC1CCN(c2ccc(C(F)(F)F)c(-n3nc(-c4cc(OC)cc(OC)c4)c4c(c3=O)CCC4)c2)C1. The number of nitrogens with zero attached hydrogens (tertiary/aromatic N) is 3. The van der Waals surface area contributed by atoms with E-state index < -0.39 is 17.3 Å². The van der Waals surface area contributed by atoms with Crippen LogP contribution in [0.1, 0.15) is 49.3 Å². The largest absolute Gasteiger partial charge is 0.497 e. The van der Waals surface area contributed by atoms with Crippen LogP contribution in [-0.4, -0.2) is 49.0 Å². The fraction of sp³-hybridized carbons (Fsp3) is 0.433. The number of aromatic nitrogens is 2. The average Bonchev–Trinajstić information content (AvgIpc) is 3.63. The summed E-state index contributed by atoms with van der Waals surface area (Å²) in [6.07, 6.45) is -1.13. The Morgan fingerprint density at radius 3 is 2.44 bits per heavy atom. The molecule has 8 nitrogen and oxygen atoms in total. The van der Waals surface area contributed by atoms with Crippen molar-refractivity contribution in [2.75, 3.05) is 32.2 Å². The lowest BCUT2D eigenvalue weighted by Crippen LogP contribution is -2.37. The molecule has 41 heavy (non-hydrogen) atoms. The highest BCUT2D eigenvalue weighted by atomic mass is 19.4. The van der Waals surface area contributed by atoms with Gasteiger partial charge in [-0.05, 0) is 68.0 Å². The van der Waals surface area contributed by atoms with Crippen molar-refractivity contribution in [1.82, 2.24) is 15.1 Å². The van der Waals surface area contributed by atoms with Gasteiger partial charge in [0.15, 0.2) is 0 Å². The Labute approximate surface area is 236 Å². The van der Waals surface area contributed by atoms with Gasteiger partial charge in [0, 0.05) is 48.4 Å². The molecule has 1 aliphatic carbocycles. The number of carbonyl (C=O) groups is 1. The lowest BCUT2D eigenvalue weighted by Gasteiger charge is -2.23. The molecule has 1 unspecified atom stereocenters. The second-order valence-corrected chi connectivity index (χ2v) is 10.4. The third-order valence-corrected chi connectivity index (χ3v) is 7.69. The Balaban J connectivity index is 1.62. The van der Waals surface area contributed by atoms with Crippen LogP contribution in [0.4, 0.5) is 18.9 Å². The Morgan fingerprint density at radius 2 is 1.78 bits per heavy atom. The number of alkyl halides is 3. The first kappa shape index (κ1) is 28.5. The zero-order valence-corrected chi connectivity index (χ0v) is 23.3. The molecule has 2 aliphatic rings. The molecule has 1 aromatic heterocycles. The highest BCUT2D eigenvalue weighted by molar-refractivity contribution is 5.76. The summed E-state index contributed by atoms with van der Waals surface area (Å²) in [6, 6.07) is 8.85. The van der Waals surface area contributed by atoms with Crippen LogP contribution in [0, 0.1) is 0 Å². The number of carbonyl (C=O) groups excluding carboxylic acids is 1. The number of ether oxygens (including phenoxy) is 2. The van der Waals surface area contributed by atoms with E-state index in [0.29, 0.717) is 79.2 Å². The van der Waals surface area contributed by atoms with E-state index in [4.69, 9.17) is 9.47 Å². The van der Waals surface area contributed by atoms with E-state index in [2.05, 4.69) is 10.4 Å². The molecule has 1 aliphatic heterocycles. The Bertz CT molecular complexity index is 1500. The van der Waals surface area contributed by atoms with E-state index in [9.17, 15) is 22.8 Å². The van der Waals surface area contributed by atoms with E-state index in [-0.39, 0.29) is 17.6 Å². The Kier molecular flexibility index (Phi) is 7.97. The van der Waals surface area contributed by atoms with Gasteiger partial charge >= 0.3 is 6.18 Å². The summed E-state index contributed by atoms with van der Waals surface area (Å²) in [7, 11) is 3.02. The van der Waals surface area contributed by atoms with Crippen LogP contribution in [0.2, 0.25) is 0 Å². The highest BCUT2D eigenvalue weighted by Gasteiger charge is 2.36. The maximum Gasteiger partial charge on any atom is 0.418 e. The second kappa shape index (κ2) is 11.5. The van der Waals surface area contributed by atoms with E-state index in [1.807, 2.05) is 11.8 Å². The van der Waals surface area contributed by atoms with Crippen LogP contribution >= 0.6 is 0 Å². The molecule has 1 N–H and O–H groups in total. The number of fused-ring (bicyclic) bond motifs is 1. The molecule has 0 spiro atoms. The van der Waals surface area contributed by atoms with Crippen LogP contribution in [0.3, 0.4) is 0 Å². The fourth-order valence-corrected chi connectivity index (χ4v) is 5.69. The van der Waals surface area contributed by atoms with Crippen molar-refractivity contribution in [3.63, 3.8) is 0 Å². The first-order chi connectivity index (χ1) is 19.6. The van der Waals surface area contributed by atoms with Gasteiger partial charge in [0.25, 0.3) is 5.56 Å². The number of halogens is 3. The smallest absolute Gasteiger partial charge is 0.418 e. The van der Waals surface area contributed by atoms with Crippen molar-refractivity contribution in [2.24, 2.45) is 0 Å². The number of hydrogen-bond acceptors (Lipinski definition) is 6. The zero-order chi connectivity index (χ0) is 29.3. The van der Waals surface area contributed by atoms with Gasteiger partial charge < -0.3 is 19.7 Å². The van der Waals surface area contributed by atoms with Gasteiger partial charge in [0.05, 0.1) is 31.2 Å². The Morgan fingerprint density at radius 1 is 1.07 bits per heavy atom. The first-order valence-corrected chi connectivity index (χ1v) is 13.8. The van der Waals surface area contributed by atoms with Crippen LogP contribution in [0.15, 0.2) is 41.2 Å². The molecule has 1 saturated heterocycles. The Hall–Kier alpha value is -4.02. The summed E-state index contributed by atoms with van der Waals surface area (Å²) < 4.78 is 54.6. The molecule has 5 rings (SSSR count). The minimum Gasteiger partial charge on any atom is -0.497 e. The standard InChI is InChI=1S/C30H33F3N4O4/c1-4-6-27(38)34-19-11-12-36(17-19)20-9-10-25(30(31,32)33)26(15-20)37-29(39)24-8-5-7-23(24)28(35-37)18-13-21(40-2)16-22(14-18)41-3/h9-10,13-16,19H,4-8,11-12,17H2,1-3H3,(H,34,38). The van der Waals surface area contributed by atoms with Crippen molar-refractivity contribution in [1.29, 1.82) is 0 Å². The highest BCUT2D eigenvalue weighted by Crippen LogP contribution is 2.38. The van der Waals surface area contributed by atoms with E-state index in [0.717, 1.165) is 22.7 Å². The number of methoxy groups -OCH3 is 2. The minimum atomic E-state index is -4.71. The maximum atomic E-state index is 14.3. The molecule has 2 heterocycles. The van der Waals surface area contributed by atoms with Crippen molar-refractivity contribution in [3.05, 3.63) is 63.4 Å².